The van der Waals surface area contributed by atoms with Gasteiger partial charge in [0.1, 0.15) is 5.75 Å². The Bertz CT molecular complexity index is 1350. The molecule has 1 heterocycles. The number of ether oxygens (including phenoxy) is 2. The van der Waals surface area contributed by atoms with Crippen LogP contribution >= 0.6 is 11.6 Å². The molecule has 2 aliphatic carbocycles. The molecule has 1 aliphatic heterocycles. The number of hydrogen-bond acceptors (Lipinski definition) is 6. The fourth-order valence-corrected chi connectivity index (χ4v) is 7.45. The summed E-state index contributed by atoms with van der Waals surface area (Å²) in [5.74, 6) is 0.803. The van der Waals surface area contributed by atoms with E-state index in [9.17, 15) is 18.4 Å². The van der Waals surface area contributed by atoms with Crippen molar-refractivity contribution in [1.82, 2.24) is 5.32 Å². The zero-order valence-corrected chi connectivity index (χ0v) is 26.1. The lowest BCUT2D eigenvalue weighted by molar-refractivity contribution is -0.122. The van der Waals surface area contributed by atoms with Crippen molar-refractivity contribution < 1.29 is 27.8 Å². The topological polar surface area (TPSA) is 105 Å². The highest BCUT2D eigenvalue weighted by Crippen LogP contribution is 2.46. The number of aryl methyl sites for hydroxylation is 1. The maximum atomic E-state index is 12.6. The second kappa shape index (κ2) is 12.9. The number of benzene rings is 2. The van der Waals surface area contributed by atoms with Crippen molar-refractivity contribution in [2.24, 2.45) is 17.8 Å². The third kappa shape index (κ3) is 6.48. The number of amides is 1. The van der Waals surface area contributed by atoms with Gasteiger partial charge in [-0.15, -0.1) is 0 Å². The summed E-state index contributed by atoms with van der Waals surface area (Å²) in [6.45, 7) is 6.18. The largest absolute Gasteiger partial charge is 0.490 e. The van der Waals surface area contributed by atoms with Crippen LogP contribution in [0.2, 0.25) is 5.02 Å². The monoisotopic (exact) mass is 616 g/mol. The van der Waals surface area contributed by atoms with Gasteiger partial charge in [-0.05, 0) is 98.2 Å². The molecule has 1 unspecified atom stereocenters. The molecule has 2 aromatic rings. The highest BCUT2D eigenvalue weighted by Gasteiger charge is 2.43. The Morgan fingerprint density at radius 1 is 1.21 bits per heavy atom. The summed E-state index contributed by atoms with van der Waals surface area (Å²) in [4.78, 5) is 27.5. The number of rotatable bonds is 9. The fraction of sp³-hybridized carbons (Fsp3) is 0.562. The van der Waals surface area contributed by atoms with Crippen LogP contribution in [-0.2, 0) is 32.4 Å². The number of anilines is 1. The molecule has 2 N–H and O–H groups in total. The normalized spacial score (nSPS) is 25.1. The lowest BCUT2D eigenvalue weighted by Gasteiger charge is -2.44. The molecule has 3 aliphatic rings. The lowest BCUT2D eigenvalue weighted by Crippen LogP contribution is -2.49. The molecule has 8 nitrogen and oxygen atoms in total. The van der Waals surface area contributed by atoms with Crippen molar-refractivity contribution in [3.8, 4) is 5.75 Å². The molecule has 0 aromatic heterocycles. The smallest absolute Gasteiger partial charge is 0.337 e. The number of halogens is 1. The number of nitrogens with one attached hydrogen (secondary N) is 1. The molecule has 0 saturated heterocycles. The minimum Gasteiger partial charge on any atom is -0.490 e. The van der Waals surface area contributed by atoms with E-state index in [1.54, 1.807) is 13.0 Å². The Balaban J connectivity index is 1.36. The predicted octanol–water partition coefficient (Wildman–Crippen LogP) is 5.38. The van der Waals surface area contributed by atoms with Crippen LogP contribution in [0.5, 0.6) is 5.75 Å². The summed E-state index contributed by atoms with van der Waals surface area (Å²) in [5.41, 5.74) is 3.73. The minimum atomic E-state index is -1.95. The van der Waals surface area contributed by atoms with E-state index in [0.29, 0.717) is 30.6 Å². The van der Waals surface area contributed by atoms with Gasteiger partial charge in [0.25, 0.3) is 0 Å². The van der Waals surface area contributed by atoms with Gasteiger partial charge in [-0.2, -0.15) is 0 Å². The number of methoxy groups -OCH3 is 1. The summed E-state index contributed by atoms with van der Waals surface area (Å²) in [7, 11) is 1.39. The van der Waals surface area contributed by atoms with Gasteiger partial charge in [-0.25, -0.2) is 9.00 Å². The van der Waals surface area contributed by atoms with E-state index in [1.807, 2.05) is 25.1 Å². The second-order valence-electron chi connectivity index (χ2n) is 12.3. The van der Waals surface area contributed by atoms with E-state index in [-0.39, 0.29) is 29.6 Å². The SMILES string of the molecule is COC(=O)c1ccc2c(c1)N(C[C@@H]1CC[C@H]1CNC(=O)C[C@@H](C)[C@H](C)S(=O)O)C[C@@]1(CCCc3cc(Cl)ccc31)CO2. The van der Waals surface area contributed by atoms with Crippen LogP contribution in [0.3, 0.4) is 0 Å². The maximum absolute atomic E-state index is 12.6. The summed E-state index contributed by atoms with van der Waals surface area (Å²) >= 11 is 4.43. The Morgan fingerprint density at radius 2 is 2.00 bits per heavy atom. The number of fused-ring (bicyclic) bond motifs is 3. The Kier molecular flexibility index (Phi) is 9.50. The van der Waals surface area contributed by atoms with Crippen molar-refractivity contribution in [1.29, 1.82) is 0 Å². The highest BCUT2D eigenvalue weighted by atomic mass is 35.5. The van der Waals surface area contributed by atoms with Crippen LogP contribution in [0, 0.1) is 17.8 Å². The molecule has 1 saturated carbocycles. The van der Waals surface area contributed by atoms with Crippen molar-refractivity contribution >= 4 is 40.2 Å². The van der Waals surface area contributed by atoms with Crippen LogP contribution in [0.4, 0.5) is 5.69 Å². The van der Waals surface area contributed by atoms with Crippen molar-refractivity contribution in [3.63, 3.8) is 0 Å². The summed E-state index contributed by atoms with van der Waals surface area (Å²) in [6.07, 6.45) is 5.35. The van der Waals surface area contributed by atoms with E-state index < -0.39 is 16.3 Å². The van der Waals surface area contributed by atoms with E-state index in [2.05, 4.69) is 22.3 Å². The summed E-state index contributed by atoms with van der Waals surface area (Å²) in [6, 6.07) is 11.7. The minimum absolute atomic E-state index is 0.0851. The Morgan fingerprint density at radius 3 is 2.71 bits per heavy atom. The number of carbonyl (C=O) groups excluding carboxylic acids is 2. The van der Waals surface area contributed by atoms with Gasteiger partial charge in [-0.1, -0.05) is 24.6 Å². The van der Waals surface area contributed by atoms with Gasteiger partial charge >= 0.3 is 5.97 Å². The lowest BCUT2D eigenvalue weighted by atomic mass is 9.69. The van der Waals surface area contributed by atoms with Crippen LogP contribution in [0.15, 0.2) is 36.4 Å². The first-order valence-electron chi connectivity index (χ1n) is 14.9. The molecular formula is C32H41ClN2O6S. The average Bonchev–Trinajstić information content (AvgIpc) is 3.11. The molecule has 1 amide bonds. The predicted molar refractivity (Wildman–Crippen MR) is 165 cm³/mol. The van der Waals surface area contributed by atoms with Gasteiger partial charge in [0.2, 0.25) is 5.91 Å². The van der Waals surface area contributed by atoms with Crippen molar-refractivity contribution in [3.05, 3.63) is 58.1 Å². The standard InChI is InChI=1S/C32H41ClN2O6S/c1-20(21(2)42(38)39)13-30(36)34-16-24-6-7-25(24)17-35-18-32(12-4-5-22-14-26(33)9-10-27(22)32)19-41-29-11-8-23(15-28(29)35)31(37)40-3/h8-11,14-15,20-21,24-25H,4-7,12-13,16-19H2,1-3H3,(H,34,36)(H,38,39)/t20-,21+,24+,25+,32+/m1/s1. The van der Waals surface area contributed by atoms with E-state index in [1.165, 1.54) is 18.2 Å². The second-order valence-corrected chi connectivity index (χ2v) is 14.1. The Hall–Kier alpha value is -2.62. The molecular weight excluding hydrogens is 576 g/mol. The van der Waals surface area contributed by atoms with Gasteiger partial charge in [0, 0.05) is 36.5 Å². The maximum Gasteiger partial charge on any atom is 0.337 e. The molecule has 42 heavy (non-hydrogen) atoms. The molecule has 10 heteroatoms. The summed E-state index contributed by atoms with van der Waals surface area (Å²) < 4.78 is 32.3. The molecule has 2 aromatic carbocycles. The molecule has 6 atom stereocenters. The third-order valence-corrected chi connectivity index (χ3v) is 11.0. The van der Waals surface area contributed by atoms with Crippen molar-refractivity contribution in [2.75, 3.05) is 38.3 Å². The number of esters is 1. The number of carbonyl (C=O) groups is 2. The van der Waals surface area contributed by atoms with E-state index >= 15 is 0 Å². The number of hydrogen-bond donors (Lipinski definition) is 2. The fourth-order valence-electron chi connectivity index (χ4n) is 6.76. The highest BCUT2D eigenvalue weighted by molar-refractivity contribution is 7.79. The zero-order valence-electron chi connectivity index (χ0n) is 24.6. The van der Waals surface area contributed by atoms with Crippen LogP contribution in [0.1, 0.15) is 67.4 Å². The van der Waals surface area contributed by atoms with E-state index in [0.717, 1.165) is 61.7 Å². The molecule has 228 valence electrons. The van der Waals surface area contributed by atoms with Gasteiger partial charge in [-0.3, -0.25) is 4.79 Å². The van der Waals surface area contributed by atoms with Gasteiger partial charge in [0.15, 0.2) is 11.1 Å². The Labute approximate surface area is 255 Å². The van der Waals surface area contributed by atoms with Gasteiger partial charge < -0.3 is 24.2 Å². The van der Waals surface area contributed by atoms with E-state index in [4.69, 9.17) is 21.1 Å². The van der Waals surface area contributed by atoms with Crippen LogP contribution in [0.25, 0.3) is 0 Å². The molecule has 5 rings (SSSR count). The molecule has 1 spiro atoms. The molecule has 0 bridgehead atoms. The first-order valence-corrected chi connectivity index (χ1v) is 16.4. The third-order valence-electron chi connectivity index (χ3n) is 9.68. The van der Waals surface area contributed by atoms with Crippen LogP contribution in [-0.4, -0.2) is 59.2 Å². The molecule has 0 radical (unpaired) electrons. The first-order chi connectivity index (χ1) is 20.1. The zero-order chi connectivity index (χ0) is 30.0. The van der Waals surface area contributed by atoms with Crippen LogP contribution < -0.4 is 15.0 Å². The van der Waals surface area contributed by atoms with Crippen molar-refractivity contribution in [2.45, 2.75) is 63.0 Å². The summed E-state index contributed by atoms with van der Waals surface area (Å²) in [5, 5.41) is 3.37. The average molecular weight is 617 g/mol. The molecule has 1 fully saturated rings. The quantitative estimate of drug-likeness (QED) is 0.288. The number of nitrogens with zero attached hydrogens (tertiary/aromatic N) is 1. The van der Waals surface area contributed by atoms with Gasteiger partial charge in [0.05, 0.1) is 30.2 Å². The first kappa shape index (κ1) is 30.8.